The fraction of sp³-hybridized carbons (Fsp3) is 0.636. The van der Waals surface area contributed by atoms with Gasteiger partial charge in [-0.25, -0.2) is 14.8 Å². The number of carbonyl (C=O) groups is 2. The van der Waals surface area contributed by atoms with Gasteiger partial charge >= 0.3 is 5.97 Å². The van der Waals surface area contributed by atoms with E-state index in [1.165, 1.54) is 11.3 Å². The van der Waals surface area contributed by atoms with Crippen molar-refractivity contribution in [2.45, 2.75) is 65.5 Å². The van der Waals surface area contributed by atoms with Crippen LogP contribution in [0.3, 0.4) is 0 Å². The quantitative estimate of drug-likeness (QED) is 0.380. The topological polar surface area (TPSA) is 109 Å². The molecule has 0 spiro atoms. The molecular weight excluding hydrogens is 466 g/mol. The van der Waals surface area contributed by atoms with Gasteiger partial charge in [-0.1, -0.05) is 43.2 Å². The zero-order chi connectivity index (χ0) is 24.0. The van der Waals surface area contributed by atoms with Crippen LogP contribution in [-0.4, -0.2) is 65.3 Å². The highest BCUT2D eigenvalue weighted by molar-refractivity contribution is 7.17. The Balaban J connectivity index is 1.72. The molecular formula is C22H32ClN5O4S. The summed E-state index contributed by atoms with van der Waals surface area (Å²) in [6, 6.07) is -0.176. The van der Waals surface area contributed by atoms with Crippen LogP contribution in [0, 0.1) is 6.92 Å². The van der Waals surface area contributed by atoms with Crippen molar-refractivity contribution in [2.75, 3.05) is 31.2 Å². The van der Waals surface area contributed by atoms with Gasteiger partial charge in [-0.2, -0.15) is 0 Å². The number of hydrogen-bond donors (Lipinski definition) is 2. The van der Waals surface area contributed by atoms with E-state index in [-0.39, 0.29) is 29.8 Å². The smallest absolute Gasteiger partial charge is 0.350 e. The van der Waals surface area contributed by atoms with Crippen molar-refractivity contribution in [3.63, 3.8) is 0 Å². The Morgan fingerprint density at radius 2 is 2.09 bits per heavy atom. The Morgan fingerprint density at radius 1 is 1.30 bits per heavy atom. The second-order valence-corrected chi connectivity index (χ2v) is 9.25. The monoisotopic (exact) mass is 497 g/mol. The summed E-state index contributed by atoms with van der Waals surface area (Å²) in [6.07, 6.45) is 3.08. The maximum Gasteiger partial charge on any atom is 0.350 e. The Morgan fingerprint density at radius 3 is 2.76 bits per heavy atom. The molecule has 0 aromatic carbocycles. The SMILES string of the molecule is CCCCOC1CN(c2nc(C)c(C(=O)OCC)s2)CCC1NC(=O)c1nc(Cl)c(CC)[nH]1. The number of H-pyrrole nitrogens is 1. The number of thiazole rings is 1. The third kappa shape index (κ3) is 6.24. The van der Waals surface area contributed by atoms with E-state index in [0.29, 0.717) is 54.9 Å². The molecule has 3 rings (SSSR count). The third-order valence-corrected chi connectivity index (χ3v) is 7.03. The number of imidazole rings is 1. The van der Waals surface area contributed by atoms with Gasteiger partial charge in [0.25, 0.3) is 5.91 Å². The Kier molecular flexibility index (Phi) is 9.10. The number of aryl methyl sites for hydroxylation is 2. The van der Waals surface area contributed by atoms with E-state index in [2.05, 4.69) is 32.1 Å². The number of nitrogens with zero attached hydrogens (tertiary/aromatic N) is 3. The number of rotatable bonds is 10. The highest BCUT2D eigenvalue weighted by atomic mass is 35.5. The van der Waals surface area contributed by atoms with Crippen LogP contribution in [0.2, 0.25) is 5.15 Å². The number of halogens is 1. The zero-order valence-electron chi connectivity index (χ0n) is 19.6. The minimum Gasteiger partial charge on any atom is -0.462 e. The number of aromatic amines is 1. The molecule has 1 amide bonds. The molecule has 0 saturated carbocycles. The van der Waals surface area contributed by atoms with Crippen LogP contribution in [0.15, 0.2) is 0 Å². The molecule has 0 bridgehead atoms. The van der Waals surface area contributed by atoms with Gasteiger partial charge in [-0.05, 0) is 33.1 Å². The first kappa shape index (κ1) is 25.5. The molecule has 33 heavy (non-hydrogen) atoms. The van der Waals surface area contributed by atoms with Gasteiger partial charge in [-0.15, -0.1) is 0 Å². The third-order valence-electron chi connectivity index (χ3n) is 5.52. The van der Waals surface area contributed by atoms with Crippen molar-refractivity contribution in [3.8, 4) is 0 Å². The molecule has 2 aromatic rings. The summed E-state index contributed by atoms with van der Waals surface area (Å²) >= 11 is 7.43. The van der Waals surface area contributed by atoms with Gasteiger partial charge in [0.1, 0.15) is 4.88 Å². The summed E-state index contributed by atoms with van der Waals surface area (Å²) in [6.45, 7) is 9.82. The van der Waals surface area contributed by atoms with Gasteiger partial charge in [0.05, 0.1) is 30.1 Å². The lowest BCUT2D eigenvalue weighted by atomic mass is 10.0. The Bertz CT molecular complexity index is 963. The average Bonchev–Trinajstić information content (AvgIpc) is 3.37. The maximum absolute atomic E-state index is 12.8. The van der Waals surface area contributed by atoms with Gasteiger partial charge in [0, 0.05) is 19.7 Å². The molecule has 3 heterocycles. The summed E-state index contributed by atoms with van der Waals surface area (Å²) in [4.78, 5) is 39.4. The fourth-order valence-electron chi connectivity index (χ4n) is 3.67. The van der Waals surface area contributed by atoms with Crippen molar-refractivity contribution < 1.29 is 19.1 Å². The number of hydrogen-bond acceptors (Lipinski definition) is 8. The van der Waals surface area contributed by atoms with Crippen LogP contribution in [0.25, 0.3) is 0 Å². The Hall–Kier alpha value is -2.17. The van der Waals surface area contributed by atoms with E-state index in [4.69, 9.17) is 21.1 Å². The highest BCUT2D eigenvalue weighted by Crippen LogP contribution is 2.30. The summed E-state index contributed by atoms with van der Waals surface area (Å²) in [5.41, 5.74) is 1.40. The summed E-state index contributed by atoms with van der Waals surface area (Å²) in [5, 5.41) is 4.15. The highest BCUT2D eigenvalue weighted by Gasteiger charge is 2.34. The van der Waals surface area contributed by atoms with Crippen LogP contribution < -0.4 is 10.2 Å². The minimum atomic E-state index is -0.347. The number of carbonyl (C=O) groups excluding carboxylic acids is 2. The molecule has 182 valence electrons. The number of anilines is 1. The number of amides is 1. The number of piperidine rings is 1. The van der Waals surface area contributed by atoms with Gasteiger partial charge in [0.15, 0.2) is 16.1 Å². The maximum atomic E-state index is 12.8. The number of nitrogens with one attached hydrogen (secondary N) is 2. The second kappa shape index (κ2) is 11.8. The molecule has 1 aliphatic rings. The largest absolute Gasteiger partial charge is 0.462 e. The van der Waals surface area contributed by atoms with E-state index < -0.39 is 0 Å². The lowest BCUT2D eigenvalue weighted by molar-refractivity contribution is 0.0187. The molecule has 2 unspecified atom stereocenters. The van der Waals surface area contributed by atoms with Crippen LogP contribution in [0.4, 0.5) is 5.13 Å². The van der Waals surface area contributed by atoms with Crippen LogP contribution in [0.5, 0.6) is 0 Å². The van der Waals surface area contributed by atoms with E-state index in [1.807, 2.05) is 13.8 Å². The van der Waals surface area contributed by atoms with Gasteiger partial charge in [0.2, 0.25) is 0 Å². The van der Waals surface area contributed by atoms with Crippen molar-refractivity contribution in [1.82, 2.24) is 20.3 Å². The molecule has 0 radical (unpaired) electrons. The molecule has 1 aliphatic heterocycles. The molecule has 2 atom stereocenters. The summed E-state index contributed by atoms with van der Waals surface area (Å²) in [5.74, 6) is -0.435. The van der Waals surface area contributed by atoms with Gasteiger partial charge in [-0.3, -0.25) is 4.79 Å². The second-order valence-electron chi connectivity index (χ2n) is 7.92. The molecule has 2 N–H and O–H groups in total. The van der Waals surface area contributed by atoms with E-state index >= 15 is 0 Å². The molecule has 11 heteroatoms. The zero-order valence-corrected chi connectivity index (χ0v) is 21.1. The fourth-order valence-corrected chi connectivity index (χ4v) is 4.93. The number of ether oxygens (including phenoxy) is 2. The van der Waals surface area contributed by atoms with Crippen molar-refractivity contribution in [3.05, 3.63) is 27.2 Å². The minimum absolute atomic E-state index is 0.176. The molecule has 9 nitrogen and oxygen atoms in total. The molecule has 1 saturated heterocycles. The first-order valence-electron chi connectivity index (χ1n) is 11.4. The summed E-state index contributed by atoms with van der Waals surface area (Å²) < 4.78 is 11.3. The lowest BCUT2D eigenvalue weighted by Crippen LogP contribution is -2.55. The average molecular weight is 498 g/mol. The Labute approximate surface area is 203 Å². The normalized spacial score (nSPS) is 18.4. The lowest BCUT2D eigenvalue weighted by Gasteiger charge is -2.38. The standard InChI is InChI=1S/C22H32ClN5O4S/c1-5-8-11-32-16-12-28(22-24-13(4)17(33-22)21(30)31-7-3)10-9-15(16)26-20(29)19-25-14(6-2)18(23)27-19/h15-16H,5-12H2,1-4H3,(H,25,27)(H,26,29). The van der Waals surface area contributed by atoms with Crippen molar-refractivity contribution >= 4 is 39.9 Å². The molecule has 1 fully saturated rings. The summed E-state index contributed by atoms with van der Waals surface area (Å²) in [7, 11) is 0. The molecule has 0 aliphatic carbocycles. The van der Waals surface area contributed by atoms with Crippen LogP contribution in [0.1, 0.15) is 71.7 Å². The van der Waals surface area contributed by atoms with Gasteiger partial charge < -0.3 is 24.7 Å². The number of esters is 1. The number of unbranched alkanes of at least 4 members (excludes halogenated alkanes) is 1. The van der Waals surface area contributed by atoms with Crippen LogP contribution >= 0.6 is 22.9 Å². The molecule has 2 aromatic heterocycles. The van der Waals surface area contributed by atoms with Crippen molar-refractivity contribution in [2.24, 2.45) is 0 Å². The predicted molar refractivity (Wildman–Crippen MR) is 129 cm³/mol. The first-order chi connectivity index (χ1) is 15.9. The van der Waals surface area contributed by atoms with E-state index in [0.717, 1.165) is 23.7 Å². The van der Waals surface area contributed by atoms with E-state index in [9.17, 15) is 9.59 Å². The predicted octanol–water partition coefficient (Wildman–Crippen LogP) is 3.76. The van der Waals surface area contributed by atoms with E-state index in [1.54, 1.807) is 6.92 Å². The number of aromatic nitrogens is 3. The van der Waals surface area contributed by atoms with Crippen LogP contribution in [-0.2, 0) is 15.9 Å². The van der Waals surface area contributed by atoms with Crippen molar-refractivity contribution in [1.29, 1.82) is 0 Å². The first-order valence-corrected chi connectivity index (χ1v) is 12.6.